The second-order valence-corrected chi connectivity index (χ2v) is 4.72. The molecular formula is C4H7NO2S2. The van der Waals surface area contributed by atoms with Gasteiger partial charge in [-0.05, 0) is 0 Å². The van der Waals surface area contributed by atoms with Gasteiger partial charge in [0.25, 0.3) is 0 Å². The Kier molecular flexibility index (Phi) is 3.70. The summed E-state index contributed by atoms with van der Waals surface area (Å²) < 4.78 is 15.2. The van der Waals surface area contributed by atoms with Crippen LogP contribution in [0.25, 0.3) is 0 Å². The molecule has 0 aromatic carbocycles. The molecule has 0 radical (unpaired) electrons. The van der Waals surface area contributed by atoms with Crippen LogP contribution in [0.5, 0.6) is 0 Å². The fourth-order valence-corrected chi connectivity index (χ4v) is 1.01. The van der Waals surface area contributed by atoms with Crippen LogP contribution >= 0.6 is 0 Å². The molecule has 0 amide bonds. The van der Waals surface area contributed by atoms with Crippen LogP contribution in [0.3, 0.4) is 0 Å². The van der Waals surface area contributed by atoms with Crippen molar-refractivity contribution in [3.63, 3.8) is 0 Å². The highest BCUT2D eigenvalue weighted by atomic mass is 32.8. The largest absolute Gasteiger partial charge is 0.293 e. The first-order valence-electron chi connectivity index (χ1n) is 2.27. The molecule has 3 nitrogen and oxygen atoms in total. The van der Waals surface area contributed by atoms with Gasteiger partial charge in [0.15, 0.2) is 0 Å². The van der Waals surface area contributed by atoms with Crippen LogP contribution in [0.15, 0.2) is 0 Å². The van der Waals surface area contributed by atoms with Gasteiger partial charge in [0.1, 0.15) is 8.77 Å². The molecule has 52 valence electrons. The van der Waals surface area contributed by atoms with Gasteiger partial charge >= 0.3 is 0 Å². The molecule has 0 rings (SSSR count). The van der Waals surface area contributed by atoms with E-state index < -0.39 is 8.77 Å². The van der Waals surface area contributed by atoms with Crippen molar-refractivity contribution < 1.29 is 8.39 Å². The van der Waals surface area contributed by atoms with Crippen molar-refractivity contribution in [2.24, 2.45) is 0 Å². The van der Waals surface area contributed by atoms with Gasteiger partial charge in [0, 0.05) is 17.6 Å². The van der Waals surface area contributed by atoms with E-state index in [0.717, 1.165) is 0 Å². The molecule has 0 aliphatic rings. The van der Waals surface area contributed by atoms with Crippen molar-refractivity contribution in [1.29, 1.82) is 5.26 Å². The summed E-state index contributed by atoms with van der Waals surface area (Å²) in [5.41, 5.74) is 0. The van der Waals surface area contributed by atoms with Crippen molar-refractivity contribution >= 4 is 20.0 Å². The number of hydrogen-bond acceptors (Lipinski definition) is 4. The lowest BCUT2D eigenvalue weighted by molar-refractivity contribution is 0.444. The molecule has 0 saturated carbocycles. The van der Waals surface area contributed by atoms with E-state index in [1.807, 2.05) is 6.07 Å². The van der Waals surface area contributed by atoms with Gasteiger partial charge < -0.3 is 0 Å². The smallest absolute Gasteiger partial charge is 0.144 e. The van der Waals surface area contributed by atoms with Crippen LogP contribution in [-0.4, -0.2) is 17.1 Å². The molecule has 1 atom stereocenters. The van der Waals surface area contributed by atoms with E-state index in [9.17, 15) is 4.21 Å². The Morgan fingerprint density at radius 3 is 2.78 bits per heavy atom. The summed E-state index contributed by atoms with van der Waals surface area (Å²) >= 11 is 4.46. The minimum Gasteiger partial charge on any atom is -0.293 e. The zero-order valence-corrected chi connectivity index (χ0v) is 6.63. The zero-order valence-electron chi connectivity index (χ0n) is 4.99. The Morgan fingerprint density at radius 1 is 1.89 bits per heavy atom. The van der Waals surface area contributed by atoms with Crippen molar-refractivity contribution in [3.05, 3.63) is 0 Å². The van der Waals surface area contributed by atoms with Gasteiger partial charge in [0.2, 0.25) is 0 Å². The Morgan fingerprint density at radius 2 is 2.44 bits per heavy atom. The Bertz CT molecular complexity index is 201. The van der Waals surface area contributed by atoms with Crippen molar-refractivity contribution in [3.8, 4) is 6.07 Å². The molecule has 5 heteroatoms. The normalized spacial score (nSPS) is 16.0. The van der Waals surface area contributed by atoms with Gasteiger partial charge in [-0.2, -0.15) is 5.26 Å². The average Bonchev–Trinajstić information content (AvgIpc) is 1.84. The average molecular weight is 165 g/mol. The Balaban J connectivity index is 3.78. The third-order valence-corrected chi connectivity index (χ3v) is 2.84. The molecule has 0 aliphatic heterocycles. The molecule has 0 bridgehead atoms. The fourth-order valence-electron chi connectivity index (χ4n) is 0.254. The van der Waals surface area contributed by atoms with Crippen molar-refractivity contribution in [1.82, 2.24) is 0 Å². The molecule has 0 aliphatic carbocycles. The monoisotopic (exact) mass is 165 g/mol. The van der Waals surface area contributed by atoms with Gasteiger partial charge in [-0.15, -0.1) is 0 Å². The Labute approximate surface area is 59.5 Å². The number of nitriles is 1. The minimum absolute atomic E-state index is 0.148. The molecule has 9 heavy (non-hydrogen) atoms. The number of rotatable bonds is 3. The minimum atomic E-state index is -2.57. The van der Waals surface area contributed by atoms with Gasteiger partial charge in [-0.3, -0.25) is 4.18 Å². The lowest BCUT2D eigenvalue weighted by atomic mass is 10.6. The SMILES string of the molecule is COS(=O)(=S)CCC#N. The van der Waals surface area contributed by atoms with Crippen molar-refractivity contribution in [2.75, 3.05) is 12.9 Å². The van der Waals surface area contributed by atoms with E-state index in [-0.39, 0.29) is 12.2 Å². The Hall–Kier alpha value is -0.180. The van der Waals surface area contributed by atoms with Gasteiger partial charge in [-0.25, -0.2) is 4.21 Å². The summed E-state index contributed by atoms with van der Waals surface area (Å²) in [6, 6.07) is 1.83. The van der Waals surface area contributed by atoms with Crippen LogP contribution in [0.2, 0.25) is 0 Å². The summed E-state index contributed by atoms with van der Waals surface area (Å²) in [5, 5.41) is 8.05. The van der Waals surface area contributed by atoms with E-state index in [4.69, 9.17) is 5.26 Å². The van der Waals surface area contributed by atoms with Crippen LogP contribution in [0.1, 0.15) is 6.42 Å². The first-order chi connectivity index (χ1) is 4.12. The molecule has 0 spiro atoms. The van der Waals surface area contributed by atoms with E-state index in [0.29, 0.717) is 0 Å². The zero-order chi connectivity index (χ0) is 7.33. The molecule has 0 heterocycles. The second-order valence-electron chi connectivity index (χ2n) is 1.34. The van der Waals surface area contributed by atoms with Crippen LogP contribution in [-0.2, 0) is 24.1 Å². The van der Waals surface area contributed by atoms with Gasteiger partial charge in [0.05, 0.1) is 18.9 Å². The van der Waals surface area contributed by atoms with E-state index >= 15 is 0 Å². The second kappa shape index (κ2) is 3.77. The van der Waals surface area contributed by atoms with E-state index in [1.54, 1.807) is 0 Å². The highest BCUT2D eigenvalue weighted by molar-refractivity contribution is 8.30. The standard InChI is InChI=1S/C4H7NO2S2/c1-7-9(6,8)4-2-3-5/h2,4H2,1H3. The van der Waals surface area contributed by atoms with E-state index in [2.05, 4.69) is 15.4 Å². The molecule has 0 aromatic rings. The van der Waals surface area contributed by atoms with Crippen LogP contribution in [0.4, 0.5) is 0 Å². The van der Waals surface area contributed by atoms with Crippen LogP contribution in [0, 0.1) is 11.3 Å². The van der Waals surface area contributed by atoms with Gasteiger partial charge in [-0.1, -0.05) is 0 Å². The molecule has 0 N–H and O–H groups in total. The predicted octanol–water partition coefficient (Wildman–Crippen LogP) is 0.208. The highest BCUT2D eigenvalue weighted by Crippen LogP contribution is 1.92. The maximum Gasteiger partial charge on any atom is 0.144 e. The topological polar surface area (TPSA) is 50.1 Å². The maximum absolute atomic E-state index is 10.8. The number of hydrogen-bond donors (Lipinski definition) is 0. The quantitative estimate of drug-likeness (QED) is 0.599. The highest BCUT2D eigenvalue weighted by Gasteiger charge is 2.00. The fraction of sp³-hybridized carbons (Fsp3) is 0.750. The molecule has 0 aromatic heterocycles. The van der Waals surface area contributed by atoms with Crippen molar-refractivity contribution in [2.45, 2.75) is 6.42 Å². The predicted molar refractivity (Wildman–Crippen MR) is 37.6 cm³/mol. The van der Waals surface area contributed by atoms with Crippen LogP contribution < -0.4 is 0 Å². The summed E-state index contributed by atoms with van der Waals surface area (Å²) in [4.78, 5) is 0. The summed E-state index contributed by atoms with van der Waals surface area (Å²) in [7, 11) is -1.29. The molecule has 1 unspecified atom stereocenters. The summed E-state index contributed by atoms with van der Waals surface area (Å²) in [5.74, 6) is 0.148. The molecule has 0 saturated heterocycles. The first kappa shape index (κ1) is 8.82. The van der Waals surface area contributed by atoms with E-state index in [1.165, 1.54) is 7.11 Å². The lowest BCUT2D eigenvalue weighted by Crippen LogP contribution is -2.04. The third kappa shape index (κ3) is 4.33. The molecule has 0 fully saturated rings. The third-order valence-electron chi connectivity index (χ3n) is 0.718. The molecular weight excluding hydrogens is 158 g/mol. The first-order valence-corrected chi connectivity index (χ1v) is 4.85. The number of nitrogens with zero attached hydrogens (tertiary/aromatic N) is 1. The maximum atomic E-state index is 10.8. The summed E-state index contributed by atoms with van der Waals surface area (Å²) in [6.07, 6.45) is 0.191. The summed E-state index contributed by atoms with van der Waals surface area (Å²) in [6.45, 7) is 0. The lowest BCUT2D eigenvalue weighted by Gasteiger charge is -1.97.